The monoisotopic (exact) mass is 449 g/mol. The Bertz CT molecular complexity index is 1220. The summed E-state index contributed by atoms with van der Waals surface area (Å²) in [5.74, 6) is -0.419. The molecule has 1 aliphatic rings. The summed E-state index contributed by atoms with van der Waals surface area (Å²) in [5.41, 5.74) is 1.89. The van der Waals surface area contributed by atoms with Gasteiger partial charge in [0, 0.05) is 12.1 Å². The fraction of sp³-hybridized carbons (Fsp3) is 0.125. The molecule has 1 heterocycles. The standard InChI is InChI=1S/C24H19NO4S2/c1-2-25-22(26)21(31-24(25)30)13-19-18-6-4-3-5-16(18)11-12-20(19)29-14-15-7-9-17(10-8-15)23(27)28/h3-13H,2,14H2,1H3,(H,27,28)/b21-13-. The van der Waals surface area contributed by atoms with Gasteiger partial charge in [-0.25, -0.2) is 4.79 Å². The molecule has 1 fully saturated rings. The van der Waals surface area contributed by atoms with E-state index in [-0.39, 0.29) is 18.1 Å². The Morgan fingerprint density at radius 1 is 1.13 bits per heavy atom. The number of thiocarbonyl (C=S) groups is 1. The summed E-state index contributed by atoms with van der Waals surface area (Å²) in [7, 11) is 0. The Labute approximate surface area is 189 Å². The van der Waals surface area contributed by atoms with Crippen LogP contribution >= 0.6 is 24.0 Å². The normalized spacial score (nSPS) is 15.1. The first-order chi connectivity index (χ1) is 15.0. The van der Waals surface area contributed by atoms with Crippen LogP contribution in [-0.4, -0.2) is 32.7 Å². The van der Waals surface area contributed by atoms with E-state index in [9.17, 15) is 9.59 Å². The minimum atomic E-state index is -0.964. The Morgan fingerprint density at radius 3 is 2.55 bits per heavy atom. The van der Waals surface area contributed by atoms with E-state index in [1.54, 1.807) is 29.2 Å². The Kier molecular flexibility index (Phi) is 6.06. The smallest absolute Gasteiger partial charge is 0.335 e. The maximum Gasteiger partial charge on any atom is 0.335 e. The summed E-state index contributed by atoms with van der Waals surface area (Å²) in [4.78, 5) is 25.9. The fourth-order valence-electron chi connectivity index (χ4n) is 3.36. The van der Waals surface area contributed by atoms with Gasteiger partial charge in [-0.05, 0) is 47.5 Å². The summed E-state index contributed by atoms with van der Waals surface area (Å²) in [5, 5.41) is 11.1. The molecule has 1 N–H and O–H groups in total. The first kappa shape index (κ1) is 21.1. The summed E-state index contributed by atoms with van der Waals surface area (Å²) in [6, 6.07) is 18.4. The molecular formula is C24H19NO4S2. The Hall–Kier alpha value is -3.16. The third-order valence-electron chi connectivity index (χ3n) is 4.99. The molecule has 3 aromatic carbocycles. The molecule has 0 saturated carbocycles. The van der Waals surface area contributed by atoms with E-state index < -0.39 is 5.97 Å². The molecule has 5 nitrogen and oxygen atoms in total. The first-order valence-corrected chi connectivity index (χ1v) is 10.9. The summed E-state index contributed by atoms with van der Waals surface area (Å²) in [6.07, 6.45) is 1.85. The van der Waals surface area contributed by atoms with Gasteiger partial charge in [-0.3, -0.25) is 9.69 Å². The van der Waals surface area contributed by atoms with E-state index in [2.05, 4.69) is 0 Å². The van der Waals surface area contributed by atoms with Crippen molar-refractivity contribution in [1.82, 2.24) is 4.90 Å². The number of hydrogen-bond donors (Lipinski definition) is 1. The van der Waals surface area contributed by atoms with Crippen LogP contribution in [0.1, 0.15) is 28.4 Å². The zero-order chi connectivity index (χ0) is 22.0. The molecule has 0 aromatic heterocycles. The second kappa shape index (κ2) is 8.91. The number of hydrogen-bond acceptors (Lipinski definition) is 5. The van der Waals surface area contributed by atoms with Crippen LogP contribution in [0.3, 0.4) is 0 Å². The van der Waals surface area contributed by atoms with E-state index in [1.807, 2.05) is 49.4 Å². The zero-order valence-electron chi connectivity index (χ0n) is 16.7. The molecule has 0 radical (unpaired) electrons. The second-order valence-electron chi connectivity index (χ2n) is 6.92. The van der Waals surface area contributed by atoms with Gasteiger partial charge in [0.25, 0.3) is 5.91 Å². The molecule has 0 spiro atoms. The number of nitrogens with zero attached hydrogens (tertiary/aromatic N) is 1. The summed E-state index contributed by atoms with van der Waals surface area (Å²) in [6.45, 7) is 2.71. The summed E-state index contributed by atoms with van der Waals surface area (Å²) >= 11 is 6.63. The van der Waals surface area contributed by atoms with E-state index in [1.165, 1.54) is 11.8 Å². The highest BCUT2D eigenvalue weighted by Gasteiger charge is 2.31. The second-order valence-corrected chi connectivity index (χ2v) is 8.59. The molecule has 31 heavy (non-hydrogen) atoms. The molecule has 4 rings (SSSR count). The number of carbonyl (C=O) groups is 2. The van der Waals surface area contributed by atoms with E-state index in [0.29, 0.717) is 21.5 Å². The molecule has 1 saturated heterocycles. The van der Waals surface area contributed by atoms with Crippen molar-refractivity contribution in [2.45, 2.75) is 13.5 Å². The van der Waals surface area contributed by atoms with Crippen molar-refractivity contribution in [2.75, 3.05) is 6.54 Å². The lowest BCUT2D eigenvalue weighted by molar-refractivity contribution is -0.121. The molecule has 1 amide bonds. The van der Waals surface area contributed by atoms with Crippen LogP contribution < -0.4 is 4.74 Å². The van der Waals surface area contributed by atoms with Gasteiger partial charge in [-0.2, -0.15) is 0 Å². The van der Waals surface area contributed by atoms with Crippen LogP contribution in [0, 0.1) is 0 Å². The van der Waals surface area contributed by atoms with Crippen LogP contribution in [0.5, 0.6) is 5.75 Å². The number of amides is 1. The number of aromatic carboxylic acids is 1. The van der Waals surface area contributed by atoms with Gasteiger partial charge in [0.15, 0.2) is 0 Å². The highest BCUT2D eigenvalue weighted by Crippen LogP contribution is 2.37. The van der Waals surface area contributed by atoms with Crippen LogP contribution in [0.4, 0.5) is 0 Å². The van der Waals surface area contributed by atoms with Gasteiger partial charge in [0.1, 0.15) is 16.7 Å². The Morgan fingerprint density at radius 2 is 1.87 bits per heavy atom. The average molecular weight is 450 g/mol. The molecule has 0 unspecified atom stereocenters. The van der Waals surface area contributed by atoms with Crippen molar-refractivity contribution in [3.63, 3.8) is 0 Å². The number of thioether (sulfide) groups is 1. The van der Waals surface area contributed by atoms with Crippen LogP contribution in [0.2, 0.25) is 0 Å². The molecule has 0 aliphatic carbocycles. The number of carboxylic acids is 1. The number of carboxylic acid groups (broad SMARTS) is 1. The number of fused-ring (bicyclic) bond motifs is 1. The largest absolute Gasteiger partial charge is 0.488 e. The van der Waals surface area contributed by atoms with Gasteiger partial charge < -0.3 is 9.84 Å². The molecule has 0 bridgehead atoms. The molecule has 1 aliphatic heterocycles. The lowest BCUT2D eigenvalue weighted by Gasteiger charge is -2.13. The number of likely N-dealkylation sites (N-methyl/N-ethyl adjacent to an activating group) is 1. The molecule has 156 valence electrons. The maximum absolute atomic E-state index is 12.7. The lowest BCUT2D eigenvalue weighted by atomic mass is 10.0. The third kappa shape index (κ3) is 4.33. The number of rotatable bonds is 6. The van der Waals surface area contributed by atoms with Crippen LogP contribution in [0.15, 0.2) is 65.6 Å². The zero-order valence-corrected chi connectivity index (χ0v) is 18.3. The predicted octanol–water partition coefficient (Wildman–Crippen LogP) is 5.34. The number of benzene rings is 3. The van der Waals surface area contributed by atoms with Crippen LogP contribution in [-0.2, 0) is 11.4 Å². The molecule has 3 aromatic rings. The molecule has 0 atom stereocenters. The minimum absolute atomic E-state index is 0.0966. The highest BCUT2D eigenvalue weighted by molar-refractivity contribution is 8.26. The van der Waals surface area contributed by atoms with Gasteiger partial charge in [0.2, 0.25) is 0 Å². The van der Waals surface area contributed by atoms with Crippen molar-refractivity contribution < 1.29 is 19.4 Å². The molecular weight excluding hydrogens is 430 g/mol. The maximum atomic E-state index is 12.7. The van der Waals surface area contributed by atoms with E-state index in [4.69, 9.17) is 22.1 Å². The summed E-state index contributed by atoms with van der Waals surface area (Å²) < 4.78 is 6.65. The van der Waals surface area contributed by atoms with Gasteiger partial charge in [-0.1, -0.05) is 66.4 Å². The van der Waals surface area contributed by atoms with Crippen molar-refractivity contribution in [3.8, 4) is 5.75 Å². The van der Waals surface area contributed by atoms with Gasteiger partial charge in [0.05, 0.1) is 10.5 Å². The molecule has 7 heteroatoms. The fourth-order valence-corrected chi connectivity index (χ4v) is 4.72. The van der Waals surface area contributed by atoms with Crippen molar-refractivity contribution in [1.29, 1.82) is 0 Å². The number of carbonyl (C=O) groups excluding carboxylic acids is 1. The highest BCUT2D eigenvalue weighted by atomic mass is 32.2. The number of ether oxygens (including phenoxy) is 1. The third-order valence-corrected chi connectivity index (χ3v) is 6.37. The van der Waals surface area contributed by atoms with Crippen LogP contribution in [0.25, 0.3) is 16.8 Å². The lowest BCUT2D eigenvalue weighted by Crippen LogP contribution is -2.27. The van der Waals surface area contributed by atoms with E-state index in [0.717, 1.165) is 21.9 Å². The van der Waals surface area contributed by atoms with Gasteiger partial charge in [-0.15, -0.1) is 0 Å². The van der Waals surface area contributed by atoms with Gasteiger partial charge >= 0.3 is 5.97 Å². The first-order valence-electron chi connectivity index (χ1n) is 9.70. The Balaban J connectivity index is 1.69. The van der Waals surface area contributed by atoms with Crippen molar-refractivity contribution in [3.05, 3.63) is 82.3 Å². The minimum Gasteiger partial charge on any atom is -0.488 e. The topological polar surface area (TPSA) is 66.8 Å². The predicted molar refractivity (Wildman–Crippen MR) is 127 cm³/mol. The van der Waals surface area contributed by atoms with Crippen molar-refractivity contribution >= 4 is 57.0 Å². The van der Waals surface area contributed by atoms with Crippen molar-refractivity contribution in [2.24, 2.45) is 0 Å². The average Bonchev–Trinajstić information content (AvgIpc) is 3.05. The SMILES string of the molecule is CCN1C(=O)/C(=C/c2c(OCc3ccc(C(=O)O)cc3)ccc3ccccc23)SC1=S. The van der Waals surface area contributed by atoms with E-state index >= 15 is 0 Å². The quantitative estimate of drug-likeness (QED) is 0.405.